The molecule has 2 rings (SSSR count). The molecule has 0 bridgehead atoms. The van der Waals surface area contributed by atoms with E-state index in [2.05, 4.69) is 10.3 Å². The molecule has 1 aromatic rings. The molecule has 16 heavy (non-hydrogen) atoms. The Morgan fingerprint density at radius 1 is 1.56 bits per heavy atom. The summed E-state index contributed by atoms with van der Waals surface area (Å²) in [5.41, 5.74) is 5.80. The number of rotatable bonds is 5. The summed E-state index contributed by atoms with van der Waals surface area (Å²) in [4.78, 5) is 3.92. The third kappa shape index (κ3) is 2.62. The molecule has 1 aromatic heterocycles. The second-order valence-corrected chi connectivity index (χ2v) is 4.81. The molecular weight excluding hydrogens is 229 g/mol. The molecule has 0 spiro atoms. The smallest absolute Gasteiger partial charge is 0.166 e. The number of hydrogen-bond acceptors (Lipinski definition) is 3. The predicted octanol–water partition coefficient (Wildman–Crippen LogP) is 2.42. The fraction of sp³-hybridized carbons (Fsp3) is 0.545. The van der Waals surface area contributed by atoms with Crippen molar-refractivity contribution in [2.75, 3.05) is 18.4 Å². The van der Waals surface area contributed by atoms with Crippen LogP contribution in [0.2, 0.25) is 5.02 Å². The zero-order chi connectivity index (χ0) is 11.6. The molecule has 1 aliphatic carbocycles. The number of nitrogens with two attached hydrogens (primary N) is 1. The summed E-state index contributed by atoms with van der Waals surface area (Å²) in [7, 11) is 0. The fourth-order valence-electron chi connectivity index (χ4n) is 1.81. The van der Waals surface area contributed by atoms with Crippen molar-refractivity contribution in [3.8, 4) is 0 Å². The molecule has 0 radical (unpaired) electrons. The van der Waals surface area contributed by atoms with Crippen molar-refractivity contribution in [2.24, 2.45) is 11.1 Å². The number of anilines is 1. The SMILES string of the molecule is NCCC1(CNc2ncc(Cl)cc2F)CC1. The predicted molar refractivity (Wildman–Crippen MR) is 63.0 cm³/mol. The molecule has 0 unspecified atom stereocenters. The van der Waals surface area contributed by atoms with Crippen molar-refractivity contribution in [1.29, 1.82) is 0 Å². The summed E-state index contributed by atoms with van der Waals surface area (Å²) < 4.78 is 13.4. The van der Waals surface area contributed by atoms with Crippen molar-refractivity contribution < 1.29 is 4.39 Å². The third-order valence-corrected chi connectivity index (χ3v) is 3.28. The lowest BCUT2D eigenvalue weighted by molar-refractivity contribution is 0.498. The van der Waals surface area contributed by atoms with Gasteiger partial charge in [-0.25, -0.2) is 9.37 Å². The van der Waals surface area contributed by atoms with Crippen LogP contribution in [-0.2, 0) is 0 Å². The van der Waals surface area contributed by atoms with Gasteiger partial charge >= 0.3 is 0 Å². The van der Waals surface area contributed by atoms with Crippen LogP contribution in [0.4, 0.5) is 10.2 Å². The Hall–Kier alpha value is -0.870. The molecule has 3 nitrogen and oxygen atoms in total. The fourth-order valence-corrected chi connectivity index (χ4v) is 1.96. The molecule has 0 aliphatic heterocycles. The maximum Gasteiger partial charge on any atom is 0.166 e. The second-order valence-electron chi connectivity index (χ2n) is 4.38. The van der Waals surface area contributed by atoms with Crippen molar-refractivity contribution in [3.05, 3.63) is 23.1 Å². The molecule has 0 atom stereocenters. The maximum atomic E-state index is 13.4. The van der Waals surface area contributed by atoms with Gasteiger partial charge in [-0.2, -0.15) is 0 Å². The van der Waals surface area contributed by atoms with Crippen LogP contribution in [0.1, 0.15) is 19.3 Å². The van der Waals surface area contributed by atoms with Crippen LogP contribution in [0.3, 0.4) is 0 Å². The van der Waals surface area contributed by atoms with Gasteiger partial charge in [-0.3, -0.25) is 0 Å². The Balaban J connectivity index is 1.94. The van der Waals surface area contributed by atoms with E-state index in [-0.39, 0.29) is 11.2 Å². The molecule has 0 aromatic carbocycles. The van der Waals surface area contributed by atoms with E-state index in [1.807, 2.05) is 0 Å². The Morgan fingerprint density at radius 3 is 2.88 bits per heavy atom. The van der Waals surface area contributed by atoms with E-state index >= 15 is 0 Å². The minimum atomic E-state index is -0.406. The Labute approximate surface area is 99.2 Å². The monoisotopic (exact) mass is 243 g/mol. The number of nitrogens with zero attached hydrogens (tertiary/aromatic N) is 1. The van der Waals surface area contributed by atoms with Crippen LogP contribution in [0, 0.1) is 11.2 Å². The van der Waals surface area contributed by atoms with Gasteiger partial charge in [-0.1, -0.05) is 11.6 Å². The van der Waals surface area contributed by atoms with Crippen LogP contribution in [0.25, 0.3) is 0 Å². The topological polar surface area (TPSA) is 50.9 Å². The molecule has 1 heterocycles. The van der Waals surface area contributed by atoms with Gasteiger partial charge in [-0.15, -0.1) is 0 Å². The van der Waals surface area contributed by atoms with Crippen molar-refractivity contribution in [2.45, 2.75) is 19.3 Å². The average Bonchev–Trinajstić information content (AvgIpc) is 2.98. The minimum absolute atomic E-state index is 0.266. The molecule has 3 N–H and O–H groups in total. The van der Waals surface area contributed by atoms with Crippen molar-refractivity contribution in [1.82, 2.24) is 4.98 Å². The Morgan fingerprint density at radius 2 is 2.31 bits per heavy atom. The molecule has 88 valence electrons. The quantitative estimate of drug-likeness (QED) is 0.835. The first-order valence-electron chi connectivity index (χ1n) is 5.40. The van der Waals surface area contributed by atoms with Crippen LogP contribution in [0.15, 0.2) is 12.3 Å². The van der Waals surface area contributed by atoms with Gasteiger partial charge in [-0.05, 0) is 37.3 Å². The summed E-state index contributed by atoms with van der Waals surface area (Å²) in [5, 5.41) is 3.34. The van der Waals surface area contributed by atoms with Gasteiger partial charge in [0.15, 0.2) is 11.6 Å². The van der Waals surface area contributed by atoms with Crippen LogP contribution >= 0.6 is 11.6 Å². The van der Waals surface area contributed by atoms with Gasteiger partial charge in [0.1, 0.15) is 0 Å². The highest BCUT2D eigenvalue weighted by molar-refractivity contribution is 6.30. The van der Waals surface area contributed by atoms with E-state index in [0.717, 1.165) is 25.8 Å². The minimum Gasteiger partial charge on any atom is -0.367 e. The number of nitrogens with one attached hydrogen (secondary N) is 1. The molecule has 5 heteroatoms. The lowest BCUT2D eigenvalue weighted by Gasteiger charge is -2.15. The standard InChI is InChI=1S/C11H15ClFN3/c12-8-5-9(13)10(15-6-8)16-7-11(1-2-11)3-4-14/h5-6H,1-4,7,14H2,(H,15,16). The van der Waals surface area contributed by atoms with Crippen molar-refractivity contribution >= 4 is 17.4 Å². The average molecular weight is 244 g/mol. The normalized spacial score (nSPS) is 17.2. The van der Waals surface area contributed by atoms with Gasteiger partial charge in [0.05, 0.1) is 5.02 Å². The van der Waals surface area contributed by atoms with E-state index in [1.54, 1.807) is 0 Å². The molecule has 1 fully saturated rings. The third-order valence-electron chi connectivity index (χ3n) is 3.07. The van der Waals surface area contributed by atoms with E-state index in [0.29, 0.717) is 11.6 Å². The summed E-state index contributed by atoms with van der Waals surface area (Å²) in [6.07, 6.45) is 4.74. The number of hydrogen-bond donors (Lipinski definition) is 2. The first-order chi connectivity index (χ1) is 7.65. The largest absolute Gasteiger partial charge is 0.367 e. The zero-order valence-corrected chi connectivity index (χ0v) is 9.73. The van der Waals surface area contributed by atoms with E-state index in [1.165, 1.54) is 12.3 Å². The Bertz CT molecular complexity index is 379. The summed E-state index contributed by atoms with van der Waals surface area (Å²) in [6, 6.07) is 1.26. The van der Waals surface area contributed by atoms with Gasteiger partial charge < -0.3 is 11.1 Å². The van der Waals surface area contributed by atoms with Crippen LogP contribution in [0.5, 0.6) is 0 Å². The van der Waals surface area contributed by atoms with Crippen LogP contribution < -0.4 is 11.1 Å². The number of pyridine rings is 1. The Kier molecular flexibility index (Phi) is 3.30. The second kappa shape index (κ2) is 4.55. The van der Waals surface area contributed by atoms with E-state index in [4.69, 9.17) is 17.3 Å². The first kappa shape index (κ1) is 11.6. The summed E-state index contributed by atoms with van der Waals surface area (Å²) >= 11 is 5.62. The zero-order valence-electron chi connectivity index (χ0n) is 8.97. The highest BCUT2D eigenvalue weighted by atomic mass is 35.5. The summed E-state index contributed by atoms with van der Waals surface area (Å²) in [6.45, 7) is 1.41. The molecule has 1 saturated carbocycles. The number of halogens is 2. The first-order valence-corrected chi connectivity index (χ1v) is 5.78. The number of aromatic nitrogens is 1. The molecule has 0 amide bonds. The molecular formula is C11H15ClFN3. The van der Waals surface area contributed by atoms with Gasteiger partial charge in [0.2, 0.25) is 0 Å². The van der Waals surface area contributed by atoms with Crippen LogP contribution in [-0.4, -0.2) is 18.1 Å². The highest BCUT2D eigenvalue weighted by Gasteiger charge is 2.41. The lowest BCUT2D eigenvalue weighted by atomic mass is 10.0. The molecule has 1 aliphatic rings. The summed E-state index contributed by atoms with van der Waals surface area (Å²) in [5.74, 6) is -0.135. The van der Waals surface area contributed by atoms with Crippen molar-refractivity contribution in [3.63, 3.8) is 0 Å². The highest BCUT2D eigenvalue weighted by Crippen LogP contribution is 2.48. The van der Waals surface area contributed by atoms with E-state index in [9.17, 15) is 4.39 Å². The van der Waals surface area contributed by atoms with Gasteiger partial charge in [0, 0.05) is 12.7 Å². The maximum absolute atomic E-state index is 13.4. The van der Waals surface area contributed by atoms with Gasteiger partial charge in [0.25, 0.3) is 0 Å². The lowest BCUT2D eigenvalue weighted by Crippen LogP contribution is -2.20. The van der Waals surface area contributed by atoms with E-state index < -0.39 is 5.82 Å². The molecule has 0 saturated heterocycles.